The molecule has 0 N–H and O–H groups in total. The first-order valence-corrected chi connectivity index (χ1v) is 11.7. The van der Waals surface area contributed by atoms with Gasteiger partial charge < -0.3 is 19.1 Å². The Morgan fingerprint density at radius 1 is 0.971 bits per heavy atom. The Morgan fingerprint density at radius 2 is 1.60 bits per heavy atom. The predicted octanol–water partition coefficient (Wildman–Crippen LogP) is 3.43. The van der Waals surface area contributed by atoms with Gasteiger partial charge in [-0.3, -0.25) is 9.59 Å². The van der Waals surface area contributed by atoms with Gasteiger partial charge in [-0.15, -0.1) is 0 Å². The minimum atomic E-state index is -0.290. The Hall–Kier alpha value is -3.75. The van der Waals surface area contributed by atoms with Crippen molar-refractivity contribution >= 4 is 11.8 Å². The van der Waals surface area contributed by atoms with Crippen LogP contribution >= 0.6 is 0 Å². The monoisotopic (exact) mass is 480 g/mol. The second-order valence-corrected chi connectivity index (χ2v) is 8.59. The number of halogens is 1. The van der Waals surface area contributed by atoms with Crippen LogP contribution in [-0.2, 0) is 22.4 Å². The van der Waals surface area contributed by atoms with E-state index in [1.54, 1.807) is 31.1 Å². The van der Waals surface area contributed by atoms with Crippen molar-refractivity contribution in [2.45, 2.75) is 32.6 Å². The van der Waals surface area contributed by atoms with Crippen molar-refractivity contribution < 1.29 is 23.2 Å². The van der Waals surface area contributed by atoms with Gasteiger partial charge in [-0.05, 0) is 54.8 Å². The molecule has 4 rings (SSSR count). The van der Waals surface area contributed by atoms with Crippen LogP contribution in [0.2, 0.25) is 0 Å². The first kappa shape index (κ1) is 24.4. The second kappa shape index (κ2) is 11.1. The molecular formula is C26H29FN4O4. The molecule has 0 atom stereocenters. The van der Waals surface area contributed by atoms with Crippen LogP contribution in [0, 0.1) is 12.7 Å². The van der Waals surface area contributed by atoms with Crippen LogP contribution in [0.5, 0.6) is 5.75 Å². The third-order valence-corrected chi connectivity index (χ3v) is 6.21. The van der Waals surface area contributed by atoms with E-state index in [2.05, 4.69) is 10.1 Å². The number of nitrogens with zero attached hydrogens (tertiary/aromatic N) is 4. The molecular weight excluding hydrogens is 451 g/mol. The van der Waals surface area contributed by atoms with Crippen LogP contribution < -0.4 is 4.74 Å². The molecule has 2 heterocycles. The molecule has 0 aliphatic carbocycles. The largest absolute Gasteiger partial charge is 0.497 e. The number of benzene rings is 2. The van der Waals surface area contributed by atoms with E-state index in [0.717, 1.165) is 11.3 Å². The molecule has 8 nitrogen and oxygen atoms in total. The minimum Gasteiger partial charge on any atom is -0.497 e. The highest BCUT2D eigenvalue weighted by atomic mass is 19.1. The van der Waals surface area contributed by atoms with Crippen molar-refractivity contribution in [2.24, 2.45) is 0 Å². The van der Waals surface area contributed by atoms with Gasteiger partial charge in [0.05, 0.1) is 7.11 Å². The van der Waals surface area contributed by atoms with Crippen LogP contribution in [0.25, 0.3) is 11.4 Å². The lowest BCUT2D eigenvalue weighted by atomic mass is 10.1. The number of hydrogen-bond acceptors (Lipinski definition) is 6. The molecule has 2 aromatic carbocycles. The first-order chi connectivity index (χ1) is 16.9. The molecule has 1 aliphatic rings. The highest BCUT2D eigenvalue weighted by Crippen LogP contribution is 2.20. The summed E-state index contributed by atoms with van der Waals surface area (Å²) in [7, 11) is 1.63. The zero-order valence-corrected chi connectivity index (χ0v) is 20.0. The summed E-state index contributed by atoms with van der Waals surface area (Å²) in [6.45, 7) is 3.75. The molecule has 0 unspecified atom stereocenters. The number of rotatable bonds is 8. The van der Waals surface area contributed by atoms with Gasteiger partial charge in [0.15, 0.2) is 0 Å². The summed E-state index contributed by atoms with van der Waals surface area (Å²) in [5.41, 5.74) is 2.26. The maximum atomic E-state index is 13.5. The lowest BCUT2D eigenvalue weighted by Crippen LogP contribution is -2.50. The first-order valence-electron chi connectivity index (χ1n) is 11.7. The Balaban J connectivity index is 1.20. The highest BCUT2D eigenvalue weighted by Gasteiger charge is 2.24. The Kier molecular flexibility index (Phi) is 7.74. The van der Waals surface area contributed by atoms with E-state index < -0.39 is 0 Å². The van der Waals surface area contributed by atoms with E-state index in [9.17, 15) is 14.0 Å². The predicted molar refractivity (Wildman–Crippen MR) is 127 cm³/mol. The van der Waals surface area contributed by atoms with Crippen LogP contribution in [0.3, 0.4) is 0 Å². The number of carbonyl (C=O) groups is 2. The van der Waals surface area contributed by atoms with Crippen LogP contribution in [0.1, 0.15) is 29.9 Å². The number of methoxy groups -OCH3 is 1. The second-order valence-electron chi connectivity index (χ2n) is 8.59. The Morgan fingerprint density at radius 3 is 2.20 bits per heavy atom. The highest BCUT2D eigenvalue weighted by molar-refractivity contribution is 5.78. The summed E-state index contributed by atoms with van der Waals surface area (Å²) < 4.78 is 23.9. The zero-order valence-electron chi connectivity index (χ0n) is 20.0. The van der Waals surface area contributed by atoms with Crippen LogP contribution in [-0.4, -0.2) is 65.0 Å². The SMILES string of the molecule is COc1ccc(CCC(=O)N2CCN(C(=O)CCc3nc(-c4ccc(F)c(C)c4)no3)CC2)cc1. The van der Waals surface area contributed by atoms with E-state index >= 15 is 0 Å². The van der Waals surface area contributed by atoms with Gasteiger partial charge >= 0.3 is 0 Å². The summed E-state index contributed by atoms with van der Waals surface area (Å²) in [5.74, 6) is 1.33. The summed E-state index contributed by atoms with van der Waals surface area (Å²) in [6, 6.07) is 12.3. The fraction of sp³-hybridized carbons (Fsp3) is 0.385. The molecule has 35 heavy (non-hydrogen) atoms. The van der Waals surface area contributed by atoms with E-state index in [4.69, 9.17) is 9.26 Å². The summed E-state index contributed by atoms with van der Waals surface area (Å²) in [6.07, 6.45) is 1.68. The normalized spacial score (nSPS) is 13.7. The lowest BCUT2D eigenvalue weighted by Gasteiger charge is -2.35. The molecule has 1 saturated heterocycles. The molecule has 2 amide bonds. The van der Waals surface area contributed by atoms with E-state index in [1.807, 2.05) is 29.2 Å². The number of aryl methyl sites for hydroxylation is 3. The number of hydrogen-bond donors (Lipinski definition) is 0. The van der Waals surface area contributed by atoms with Gasteiger partial charge in [-0.25, -0.2) is 4.39 Å². The summed E-state index contributed by atoms with van der Waals surface area (Å²) in [5, 5.41) is 3.94. The molecule has 184 valence electrons. The molecule has 0 saturated carbocycles. The average Bonchev–Trinajstić information content (AvgIpc) is 3.37. The maximum absolute atomic E-state index is 13.5. The lowest BCUT2D eigenvalue weighted by molar-refractivity contribution is -0.139. The van der Waals surface area contributed by atoms with Crippen molar-refractivity contribution in [3.63, 3.8) is 0 Å². The third kappa shape index (κ3) is 6.23. The third-order valence-electron chi connectivity index (χ3n) is 6.21. The van der Waals surface area contributed by atoms with E-state index in [-0.39, 0.29) is 24.1 Å². The fourth-order valence-electron chi connectivity index (χ4n) is 4.04. The van der Waals surface area contributed by atoms with Crippen molar-refractivity contribution in [2.75, 3.05) is 33.3 Å². The van der Waals surface area contributed by atoms with Crippen LogP contribution in [0.4, 0.5) is 4.39 Å². The molecule has 0 bridgehead atoms. The number of ether oxygens (including phenoxy) is 1. The van der Waals surface area contributed by atoms with E-state index in [0.29, 0.717) is 68.3 Å². The Bertz CT molecular complexity index is 1170. The quantitative estimate of drug-likeness (QED) is 0.491. The molecule has 1 fully saturated rings. The van der Waals surface area contributed by atoms with Crippen molar-refractivity contribution in [1.29, 1.82) is 0 Å². The number of carbonyl (C=O) groups excluding carboxylic acids is 2. The number of piperazine rings is 1. The topological polar surface area (TPSA) is 88.8 Å². The average molecular weight is 481 g/mol. The van der Waals surface area contributed by atoms with Gasteiger partial charge in [0.1, 0.15) is 11.6 Å². The molecule has 0 radical (unpaired) electrons. The molecule has 1 aliphatic heterocycles. The van der Waals surface area contributed by atoms with Crippen LogP contribution in [0.15, 0.2) is 47.0 Å². The number of aromatic nitrogens is 2. The smallest absolute Gasteiger partial charge is 0.227 e. The van der Waals surface area contributed by atoms with Crippen molar-refractivity contribution in [3.05, 3.63) is 65.3 Å². The molecule has 1 aromatic heterocycles. The van der Waals surface area contributed by atoms with Crippen molar-refractivity contribution in [3.8, 4) is 17.1 Å². The summed E-state index contributed by atoms with van der Waals surface area (Å²) in [4.78, 5) is 33.2. The Labute approximate surface area is 203 Å². The maximum Gasteiger partial charge on any atom is 0.227 e. The van der Waals surface area contributed by atoms with Gasteiger partial charge in [0, 0.05) is 51.0 Å². The standard InChI is InChI=1S/C26H29FN4O4/c1-18-17-20(6-9-22(18)27)26-28-23(35-29-26)10-12-25(33)31-15-13-30(14-16-31)24(32)11-5-19-3-7-21(34-2)8-4-19/h3-4,6-9,17H,5,10-16H2,1-2H3. The molecule has 9 heteroatoms. The van der Waals surface area contributed by atoms with Gasteiger partial charge in [-0.2, -0.15) is 4.98 Å². The van der Waals surface area contributed by atoms with Gasteiger partial charge in [0.25, 0.3) is 0 Å². The fourth-order valence-corrected chi connectivity index (χ4v) is 4.04. The minimum absolute atomic E-state index is 0.00675. The van der Waals surface area contributed by atoms with Gasteiger partial charge in [0.2, 0.25) is 23.5 Å². The van der Waals surface area contributed by atoms with E-state index in [1.165, 1.54) is 6.07 Å². The number of amides is 2. The van der Waals surface area contributed by atoms with Gasteiger partial charge in [-0.1, -0.05) is 17.3 Å². The van der Waals surface area contributed by atoms with Crippen molar-refractivity contribution in [1.82, 2.24) is 19.9 Å². The molecule has 0 spiro atoms. The summed E-state index contributed by atoms with van der Waals surface area (Å²) >= 11 is 0. The molecule has 3 aromatic rings. The zero-order chi connectivity index (χ0) is 24.8.